The standard InChI is InChI=1S/C17H24N2O2/c20-16-9-5-4-6-13-10-19(11-15(13)16)12-17(21)18-14-7-2-1-3-8-14/h10-11,14H,1-9,12H2,(H,18,21). The molecule has 2 aliphatic carbocycles. The lowest BCUT2D eigenvalue weighted by Gasteiger charge is -2.22. The van der Waals surface area contributed by atoms with Crippen LogP contribution in [0.15, 0.2) is 12.4 Å². The van der Waals surface area contributed by atoms with E-state index >= 15 is 0 Å². The molecule has 0 unspecified atom stereocenters. The number of Topliss-reactive ketones (excluding diaryl/α,β-unsaturated/α-hetero) is 1. The SMILES string of the molecule is O=C(Cn1cc2c(c1)C(=O)CCCC2)NC1CCCCC1. The molecule has 3 rings (SSSR count). The summed E-state index contributed by atoms with van der Waals surface area (Å²) in [5.41, 5.74) is 1.95. The lowest BCUT2D eigenvalue weighted by molar-refractivity contribution is -0.122. The average Bonchev–Trinajstić information content (AvgIpc) is 2.79. The van der Waals surface area contributed by atoms with E-state index in [4.69, 9.17) is 0 Å². The molecule has 0 atom stereocenters. The van der Waals surface area contributed by atoms with Crippen molar-refractivity contribution in [1.82, 2.24) is 9.88 Å². The lowest BCUT2D eigenvalue weighted by Crippen LogP contribution is -2.38. The summed E-state index contributed by atoms with van der Waals surface area (Å²) in [6.07, 6.45) is 13.4. The van der Waals surface area contributed by atoms with Crippen LogP contribution in [-0.2, 0) is 17.8 Å². The first-order valence-electron chi connectivity index (χ1n) is 8.23. The number of rotatable bonds is 3. The van der Waals surface area contributed by atoms with Gasteiger partial charge in [-0.15, -0.1) is 0 Å². The highest BCUT2D eigenvalue weighted by molar-refractivity contribution is 5.97. The third-order valence-electron chi connectivity index (χ3n) is 4.66. The van der Waals surface area contributed by atoms with E-state index in [0.717, 1.165) is 43.2 Å². The van der Waals surface area contributed by atoms with E-state index in [-0.39, 0.29) is 11.7 Å². The molecule has 1 heterocycles. The summed E-state index contributed by atoms with van der Waals surface area (Å²) in [6.45, 7) is 0.330. The largest absolute Gasteiger partial charge is 0.352 e. The van der Waals surface area contributed by atoms with E-state index in [1.54, 1.807) is 0 Å². The van der Waals surface area contributed by atoms with Crippen molar-refractivity contribution in [3.8, 4) is 0 Å². The van der Waals surface area contributed by atoms with E-state index < -0.39 is 0 Å². The highest BCUT2D eigenvalue weighted by Gasteiger charge is 2.19. The molecule has 0 spiro atoms. The van der Waals surface area contributed by atoms with Crippen molar-refractivity contribution in [1.29, 1.82) is 0 Å². The van der Waals surface area contributed by atoms with Gasteiger partial charge >= 0.3 is 0 Å². The van der Waals surface area contributed by atoms with E-state index in [9.17, 15) is 9.59 Å². The number of amides is 1. The van der Waals surface area contributed by atoms with Crippen LogP contribution in [0.25, 0.3) is 0 Å². The minimum Gasteiger partial charge on any atom is -0.352 e. The zero-order valence-electron chi connectivity index (χ0n) is 12.6. The van der Waals surface area contributed by atoms with Crippen LogP contribution in [0.5, 0.6) is 0 Å². The van der Waals surface area contributed by atoms with Crippen molar-refractivity contribution in [3.05, 3.63) is 23.5 Å². The third-order valence-corrected chi connectivity index (χ3v) is 4.66. The second kappa shape index (κ2) is 6.46. The normalized spacial score (nSPS) is 19.9. The molecule has 0 aromatic carbocycles. The van der Waals surface area contributed by atoms with Crippen molar-refractivity contribution >= 4 is 11.7 Å². The first-order valence-corrected chi connectivity index (χ1v) is 8.23. The Balaban J connectivity index is 1.61. The van der Waals surface area contributed by atoms with Crippen LogP contribution in [-0.4, -0.2) is 22.3 Å². The lowest BCUT2D eigenvalue weighted by atomic mass is 9.95. The topological polar surface area (TPSA) is 51.1 Å². The Kier molecular flexibility index (Phi) is 4.42. The summed E-state index contributed by atoms with van der Waals surface area (Å²) >= 11 is 0. The molecule has 2 aliphatic rings. The summed E-state index contributed by atoms with van der Waals surface area (Å²) in [7, 11) is 0. The van der Waals surface area contributed by atoms with Crippen LogP contribution in [0.1, 0.15) is 67.3 Å². The van der Waals surface area contributed by atoms with Crippen molar-refractivity contribution < 1.29 is 9.59 Å². The molecular formula is C17H24N2O2. The van der Waals surface area contributed by atoms with Crippen molar-refractivity contribution in [2.24, 2.45) is 0 Å². The van der Waals surface area contributed by atoms with Gasteiger partial charge < -0.3 is 9.88 Å². The maximum Gasteiger partial charge on any atom is 0.240 e. The highest BCUT2D eigenvalue weighted by atomic mass is 16.2. The van der Waals surface area contributed by atoms with Crippen LogP contribution in [0, 0.1) is 0 Å². The van der Waals surface area contributed by atoms with Gasteiger partial charge in [-0.2, -0.15) is 0 Å². The zero-order chi connectivity index (χ0) is 14.7. The predicted molar refractivity (Wildman–Crippen MR) is 81.3 cm³/mol. The van der Waals surface area contributed by atoms with Crippen LogP contribution in [0.2, 0.25) is 0 Å². The second-order valence-corrected chi connectivity index (χ2v) is 6.40. The Labute approximate surface area is 125 Å². The highest BCUT2D eigenvalue weighted by Crippen LogP contribution is 2.22. The number of nitrogens with zero attached hydrogens (tertiary/aromatic N) is 1. The monoisotopic (exact) mass is 288 g/mol. The fourth-order valence-electron chi connectivity index (χ4n) is 3.52. The Morgan fingerprint density at radius 1 is 1.10 bits per heavy atom. The van der Waals surface area contributed by atoms with Gasteiger partial charge in [0.15, 0.2) is 5.78 Å². The molecule has 1 amide bonds. The quantitative estimate of drug-likeness (QED) is 0.870. The summed E-state index contributed by atoms with van der Waals surface area (Å²) in [4.78, 5) is 24.1. The van der Waals surface area contributed by atoms with Gasteiger partial charge in [-0.1, -0.05) is 19.3 Å². The maximum atomic E-state index is 12.1. The van der Waals surface area contributed by atoms with Gasteiger partial charge in [0.05, 0.1) is 0 Å². The zero-order valence-corrected chi connectivity index (χ0v) is 12.6. The van der Waals surface area contributed by atoms with Gasteiger partial charge in [-0.3, -0.25) is 9.59 Å². The fraction of sp³-hybridized carbons (Fsp3) is 0.647. The second-order valence-electron chi connectivity index (χ2n) is 6.40. The van der Waals surface area contributed by atoms with Gasteiger partial charge in [0.25, 0.3) is 0 Å². The van der Waals surface area contributed by atoms with Crippen LogP contribution >= 0.6 is 0 Å². The van der Waals surface area contributed by atoms with Crippen molar-refractivity contribution in [2.45, 2.75) is 70.4 Å². The number of ketones is 1. The number of aryl methyl sites for hydroxylation is 1. The molecular weight excluding hydrogens is 264 g/mol. The summed E-state index contributed by atoms with van der Waals surface area (Å²) in [5.74, 6) is 0.299. The summed E-state index contributed by atoms with van der Waals surface area (Å²) in [6, 6.07) is 0.348. The van der Waals surface area contributed by atoms with Gasteiger partial charge in [-0.05, 0) is 37.7 Å². The molecule has 0 radical (unpaired) electrons. The van der Waals surface area contributed by atoms with Crippen molar-refractivity contribution in [3.63, 3.8) is 0 Å². The number of aromatic nitrogens is 1. The van der Waals surface area contributed by atoms with E-state index in [2.05, 4.69) is 5.32 Å². The molecule has 0 bridgehead atoms. The Bertz CT molecular complexity index is 527. The number of hydrogen-bond donors (Lipinski definition) is 1. The Hall–Kier alpha value is -1.58. The van der Waals surface area contributed by atoms with E-state index in [1.165, 1.54) is 19.3 Å². The summed E-state index contributed by atoms with van der Waals surface area (Å²) in [5, 5.41) is 3.13. The molecule has 1 fully saturated rings. The first kappa shape index (κ1) is 14.4. The number of carbonyl (C=O) groups is 2. The van der Waals surface area contributed by atoms with Gasteiger partial charge in [0, 0.05) is 30.4 Å². The van der Waals surface area contributed by atoms with Gasteiger partial charge in [0.2, 0.25) is 5.91 Å². The van der Waals surface area contributed by atoms with E-state index in [0.29, 0.717) is 19.0 Å². The third kappa shape index (κ3) is 3.55. The number of fused-ring (bicyclic) bond motifs is 1. The fourth-order valence-corrected chi connectivity index (χ4v) is 3.52. The predicted octanol–water partition coefficient (Wildman–Crippen LogP) is 2.85. The number of hydrogen-bond acceptors (Lipinski definition) is 2. The maximum absolute atomic E-state index is 12.1. The van der Waals surface area contributed by atoms with Crippen LogP contribution < -0.4 is 5.32 Å². The molecule has 114 valence electrons. The molecule has 0 saturated heterocycles. The molecule has 0 aliphatic heterocycles. The molecule has 1 saturated carbocycles. The van der Waals surface area contributed by atoms with Crippen molar-refractivity contribution in [2.75, 3.05) is 0 Å². The minimum absolute atomic E-state index is 0.0690. The molecule has 4 heteroatoms. The minimum atomic E-state index is 0.0690. The average molecular weight is 288 g/mol. The smallest absolute Gasteiger partial charge is 0.240 e. The molecule has 21 heavy (non-hydrogen) atoms. The van der Waals surface area contributed by atoms with Gasteiger partial charge in [-0.25, -0.2) is 0 Å². The van der Waals surface area contributed by atoms with E-state index in [1.807, 2.05) is 17.0 Å². The summed E-state index contributed by atoms with van der Waals surface area (Å²) < 4.78 is 1.88. The number of carbonyl (C=O) groups excluding carboxylic acids is 2. The van der Waals surface area contributed by atoms with Crippen LogP contribution in [0.3, 0.4) is 0 Å². The molecule has 1 aromatic heterocycles. The molecule has 1 aromatic rings. The Morgan fingerprint density at radius 2 is 1.86 bits per heavy atom. The molecule has 1 N–H and O–H groups in total. The Morgan fingerprint density at radius 3 is 2.67 bits per heavy atom. The van der Waals surface area contributed by atoms with Gasteiger partial charge in [0.1, 0.15) is 6.54 Å². The first-order chi connectivity index (χ1) is 10.2. The number of nitrogens with one attached hydrogen (secondary N) is 1. The van der Waals surface area contributed by atoms with Crippen LogP contribution in [0.4, 0.5) is 0 Å². The molecule has 4 nitrogen and oxygen atoms in total.